The molecular weight excluding hydrogens is 575 g/mol. The fourth-order valence-corrected chi connectivity index (χ4v) is 10.2. The molecule has 8 aromatic rings. The quantitative estimate of drug-likeness (QED) is 0.187. The van der Waals surface area contributed by atoms with Gasteiger partial charge in [-0.1, -0.05) is 134 Å². The van der Waals surface area contributed by atoms with E-state index in [1.54, 1.807) is 0 Å². The van der Waals surface area contributed by atoms with Gasteiger partial charge in [0.15, 0.2) is 5.82 Å². The number of rotatable bonds is 4. The van der Waals surface area contributed by atoms with Crippen LogP contribution in [0, 0.1) is 0 Å². The van der Waals surface area contributed by atoms with Gasteiger partial charge in [-0.3, -0.25) is 0 Å². The zero-order valence-electron chi connectivity index (χ0n) is 25.8. The maximum absolute atomic E-state index is 5.41. The molecule has 46 heavy (non-hydrogen) atoms. The van der Waals surface area contributed by atoms with E-state index in [9.17, 15) is 0 Å². The van der Waals surface area contributed by atoms with Crippen LogP contribution >= 0.6 is 0 Å². The molecule has 0 unspecified atom stereocenters. The topological polar surface area (TPSA) is 30.7 Å². The minimum Gasteiger partial charge on any atom is -0.309 e. The zero-order valence-corrected chi connectivity index (χ0v) is 26.8. The number of hydrogen-bond acceptors (Lipinski definition) is 2. The number of fused-ring (bicyclic) bond motifs is 6. The summed E-state index contributed by atoms with van der Waals surface area (Å²) in [5, 5.41) is 5.10. The highest BCUT2D eigenvalue weighted by molar-refractivity contribution is 7.03. The predicted octanol–water partition coefficient (Wildman–Crippen LogP) is 9.38. The molecule has 1 aliphatic heterocycles. The van der Waals surface area contributed by atoms with E-state index in [1.165, 1.54) is 54.6 Å². The van der Waals surface area contributed by atoms with Crippen molar-refractivity contribution in [3.05, 3.63) is 152 Å². The summed E-state index contributed by atoms with van der Waals surface area (Å²) < 4.78 is 2.36. The van der Waals surface area contributed by atoms with Crippen molar-refractivity contribution in [2.24, 2.45) is 0 Å². The number of benzene rings is 6. The van der Waals surface area contributed by atoms with Crippen LogP contribution in [0.15, 0.2) is 152 Å². The molecule has 0 radical (unpaired) electrons. The highest BCUT2D eigenvalue weighted by Gasteiger charge is 2.41. The molecule has 1 aliphatic rings. The number of hydrogen-bond donors (Lipinski definition) is 0. The molecule has 3 nitrogen and oxygen atoms in total. The lowest BCUT2D eigenvalue weighted by Crippen LogP contribution is -2.50. The zero-order chi connectivity index (χ0) is 30.8. The Labute approximate surface area is 269 Å². The van der Waals surface area contributed by atoms with E-state index in [2.05, 4.69) is 169 Å². The Balaban J connectivity index is 1.28. The molecule has 0 saturated heterocycles. The summed E-state index contributed by atoms with van der Waals surface area (Å²) >= 11 is 0. The molecule has 0 N–H and O–H groups in total. The van der Waals surface area contributed by atoms with Gasteiger partial charge in [0.25, 0.3) is 0 Å². The van der Waals surface area contributed by atoms with Crippen molar-refractivity contribution in [1.82, 2.24) is 14.5 Å². The average molecular weight is 606 g/mol. The van der Waals surface area contributed by atoms with Crippen molar-refractivity contribution >= 4 is 40.4 Å². The van der Waals surface area contributed by atoms with Gasteiger partial charge in [0, 0.05) is 38.5 Å². The Morgan fingerprint density at radius 1 is 0.500 bits per heavy atom. The summed E-state index contributed by atoms with van der Waals surface area (Å²) in [4.78, 5) is 10.8. The molecule has 0 spiro atoms. The minimum atomic E-state index is -2.07. The second kappa shape index (κ2) is 10.2. The summed E-state index contributed by atoms with van der Waals surface area (Å²) in [5.41, 5.74) is 11.6. The van der Waals surface area contributed by atoms with Crippen LogP contribution in [0.25, 0.3) is 72.4 Å². The SMILES string of the molecule is C[Si]1(C)c2ccccc2-c2c(-c3ccc4c(c3)c3ccccc3n4-c3ccccc3)nc(-c3ccc(-c4ccccc4)cc3)nc21. The Morgan fingerprint density at radius 2 is 1.11 bits per heavy atom. The molecule has 0 fully saturated rings. The summed E-state index contributed by atoms with van der Waals surface area (Å²) in [6, 6.07) is 54.3. The first-order valence-corrected chi connectivity index (χ1v) is 18.9. The van der Waals surface area contributed by atoms with Crippen molar-refractivity contribution in [2.75, 3.05) is 0 Å². The second-order valence-corrected chi connectivity index (χ2v) is 16.9. The molecule has 4 heteroatoms. The lowest BCUT2D eigenvalue weighted by atomic mass is 9.98. The summed E-state index contributed by atoms with van der Waals surface area (Å²) in [7, 11) is -2.07. The van der Waals surface area contributed by atoms with Gasteiger partial charge in [-0.2, -0.15) is 0 Å². The highest BCUT2D eigenvalue weighted by atomic mass is 28.3. The van der Waals surface area contributed by atoms with Gasteiger partial charge >= 0.3 is 0 Å². The smallest absolute Gasteiger partial charge is 0.159 e. The molecule has 218 valence electrons. The Morgan fingerprint density at radius 3 is 1.91 bits per heavy atom. The van der Waals surface area contributed by atoms with Crippen molar-refractivity contribution < 1.29 is 0 Å². The summed E-state index contributed by atoms with van der Waals surface area (Å²) in [6.07, 6.45) is 0. The van der Waals surface area contributed by atoms with Gasteiger partial charge < -0.3 is 4.57 Å². The maximum Gasteiger partial charge on any atom is 0.159 e. The predicted molar refractivity (Wildman–Crippen MR) is 195 cm³/mol. The Hall–Kier alpha value is -5.58. The van der Waals surface area contributed by atoms with Crippen LogP contribution in [0.1, 0.15) is 0 Å². The van der Waals surface area contributed by atoms with E-state index in [4.69, 9.17) is 9.97 Å². The van der Waals surface area contributed by atoms with E-state index < -0.39 is 8.07 Å². The van der Waals surface area contributed by atoms with Crippen LogP contribution in [0.5, 0.6) is 0 Å². The molecule has 0 amide bonds. The van der Waals surface area contributed by atoms with Crippen LogP contribution < -0.4 is 10.5 Å². The highest BCUT2D eigenvalue weighted by Crippen LogP contribution is 2.39. The molecule has 2 aromatic heterocycles. The number of nitrogens with zero attached hydrogens (tertiary/aromatic N) is 3. The fraction of sp³-hybridized carbons (Fsp3) is 0.0476. The summed E-state index contributed by atoms with van der Waals surface area (Å²) in [6.45, 7) is 4.85. The van der Waals surface area contributed by atoms with E-state index >= 15 is 0 Å². The molecule has 0 saturated carbocycles. The molecule has 0 aliphatic carbocycles. The first kappa shape index (κ1) is 26.8. The van der Waals surface area contributed by atoms with Gasteiger partial charge in [-0.25, -0.2) is 9.97 Å². The average Bonchev–Trinajstić information content (AvgIpc) is 3.57. The fourth-order valence-electron chi connectivity index (χ4n) is 7.30. The van der Waals surface area contributed by atoms with Crippen molar-refractivity contribution in [2.45, 2.75) is 13.1 Å². The molecular formula is C42H31N3Si. The standard InChI is InChI=1S/C42H31N3Si/c1-46(2)38-20-12-10-18-34(38)39-40(43-41(44-42(39)46)30-23-21-29(22-24-30)28-13-5-3-6-14-28)31-25-26-37-35(27-31)33-17-9-11-19-36(33)45(37)32-15-7-4-8-16-32/h3-27H,1-2H3. The molecule has 6 aromatic carbocycles. The minimum absolute atomic E-state index is 0.786. The van der Waals surface area contributed by atoms with Crippen LogP contribution in [0.3, 0.4) is 0 Å². The van der Waals surface area contributed by atoms with Crippen molar-refractivity contribution in [3.8, 4) is 50.6 Å². The van der Waals surface area contributed by atoms with Crippen LogP contribution in [0.2, 0.25) is 13.1 Å². The van der Waals surface area contributed by atoms with Gasteiger partial charge in [-0.05, 0) is 52.2 Å². The van der Waals surface area contributed by atoms with E-state index in [1.807, 2.05) is 0 Å². The van der Waals surface area contributed by atoms with E-state index in [-0.39, 0.29) is 0 Å². The summed E-state index contributed by atoms with van der Waals surface area (Å²) in [5.74, 6) is 0.786. The van der Waals surface area contributed by atoms with E-state index in [0.717, 1.165) is 28.3 Å². The third kappa shape index (κ3) is 4.04. The normalized spacial score (nSPS) is 13.2. The molecule has 3 heterocycles. The third-order valence-corrected chi connectivity index (χ3v) is 12.9. The molecule has 0 bridgehead atoms. The lowest BCUT2D eigenvalue weighted by Gasteiger charge is -2.19. The molecule has 9 rings (SSSR count). The first-order valence-electron chi connectivity index (χ1n) is 15.9. The lowest BCUT2D eigenvalue weighted by molar-refractivity contribution is 1.18. The van der Waals surface area contributed by atoms with Gasteiger partial charge in [-0.15, -0.1) is 0 Å². The molecule has 0 atom stereocenters. The van der Waals surface area contributed by atoms with Crippen molar-refractivity contribution in [3.63, 3.8) is 0 Å². The van der Waals surface area contributed by atoms with Crippen LogP contribution in [-0.2, 0) is 0 Å². The van der Waals surface area contributed by atoms with Gasteiger partial charge in [0.2, 0.25) is 0 Å². The number of para-hydroxylation sites is 2. The second-order valence-electron chi connectivity index (χ2n) is 12.7. The van der Waals surface area contributed by atoms with Crippen molar-refractivity contribution in [1.29, 1.82) is 0 Å². The Kier molecular flexibility index (Phi) is 5.96. The Bertz CT molecular complexity index is 2430. The van der Waals surface area contributed by atoms with Gasteiger partial charge in [0.1, 0.15) is 8.07 Å². The van der Waals surface area contributed by atoms with Crippen LogP contribution in [-0.4, -0.2) is 22.6 Å². The van der Waals surface area contributed by atoms with E-state index in [0.29, 0.717) is 0 Å². The van der Waals surface area contributed by atoms with Gasteiger partial charge in [0.05, 0.1) is 16.7 Å². The monoisotopic (exact) mass is 605 g/mol. The van der Waals surface area contributed by atoms with Crippen LogP contribution in [0.4, 0.5) is 0 Å². The maximum atomic E-state index is 5.41. The third-order valence-electron chi connectivity index (χ3n) is 9.58. The first-order chi connectivity index (χ1) is 22.6. The largest absolute Gasteiger partial charge is 0.309 e. The number of aromatic nitrogens is 3.